The van der Waals surface area contributed by atoms with Gasteiger partial charge in [-0.25, -0.2) is 4.98 Å². The smallest absolute Gasteiger partial charge is 0.272 e. The molecule has 4 aliphatic rings. The van der Waals surface area contributed by atoms with Crippen molar-refractivity contribution in [2.45, 2.75) is 82.4 Å². The van der Waals surface area contributed by atoms with E-state index in [1.54, 1.807) is 12.3 Å². The lowest BCUT2D eigenvalue weighted by Gasteiger charge is -2.47. The Morgan fingerprint density at radius 2 is 1.77 bits per heavy atom. The molecule has 3 fully saturated rings. The molecule has 1 aliphatic carbocycles. The summed E-state index contributed by atoms with van der Waals surface area (Å²) >= 11 is 0. The maximum absolute atomic E-state index is 13.6. The zero-order valence-corrected chi connectivity index (χ0v) is 35.7. The molecule has 2 saturated heterocycles. The lowest BCUT2D eigenvalue weighted by molar-refractivity contribution is -0.135. The van der Waals surface area contributed by atoms with E-state index in [9.17, 15) is 19.5 Å². The number of rotatable bonds is 17. The number of hydrogen-bond donors (Lipinski definition) is 4. The van der Waals surface area contributed by atoms with Crippen LogP contribution in [0.4, 0.5) is 5.69 Å². The Hall–Kier alpha value is -5.28. The molecule has 62 heavy (non-hydrogen) atoms. The average molecular weight is 848 g/mol. The fraction of sp³-hybridized carbons (Fsp3) is 0.500. The molecule has 3 aromatic carbocycles. The predicted octanol–water partition coefficient (Wildman–Crippen LogP) is 5.56. The van der Waals surface area contributed by atoms with Crippen molar-refractivity contribution in [1.82, 2.24) is 30.0 Å². The molecule has 0 unspecified atom stereocenters. The number of carbonyl (C=O) groups is 3. The van der Waals surface area contributed by atoms with Crippen LogP contribution in [0.3, 0.4) is 0 Å². The number of hydrogen-bond acceptors (Lipinski definition) is 10. The molecule has 14 nitrogen and oxygen atoms in total. The van der Waals surface area contributed by atoms with Gasteiger partial charge in [0.05, 0.1) is 44.6 Å². The first-order valence-corrected chi connectivity index (χ1v) is 22.5. The molecule has 4 aromatic rings. The Morgan fingerprint density at radius 3 is 2.61 bits per heavy atom. The summed E-state index contributed by atoms with van der Waals surface area (Å²) in [5.74, 6) is 1.05. The van der Waals surface area contributed by atoms with E-state index in [0.29, 0.717) is 88.3 Å². The third-order valence-corrected chi connectivity index (χ3v) is 12.8. The highest BCUT2D eigenvalue weighted by molar-refractivity contribution is 5.97. The SMILES string of the molecule is O=C1COc2c(CCNCCN(C(=O)CCOCCc3cccc(CN4CCC5(CC4)CN(C(=O)c4cnc(-c6ccccc6)[nH]4)CCO5)c3)C3CCCCC3)ccc(O)c2N1. The van der Waals surface area contributed by atoms with Crippen LogP contribution >= 0.6 is 0 Å². The summed E-state index contributed by atoms with van der Waals surface area (Å²) in [7, 11) is 0. The molecular weight excluding hydrogens is 787 g/mol. The fourth-order valence-electron chi connectivity index (χ4n) is 9.38. The predicted molar refractivity (Wildman–Crippen MR) is 236 cm³/mol. The van der Waals surface area contributed by atoms with Gasteiger partial charge >= 0.3 is 0 Å². The quantitative estimate of drug-likeness (QED) is 0.0783. The first-order valence-electron chi connectivity index (χ1n) is 22.5. The number of phenolic OH excluding ortho intramolecular Hbond substituents is 1. The number of ether oxygens (including phenoxy) is 3. The van der Waals surface area contributed by atoms with Crippen LogP contribution in [0.5, 0.6) is 11.5 Å². The molecule has 14 heteroatoms. The van der Waals surface area contributed by atoms with E-state index >= 15 is 0 Å². The van der Waals surface area contributed by atoms with Gasteiger partial charge in [-0.3, -0.25) is 19.3 Å². The number of likely N-dealkylation sites (tertiary alicyclic amines) is 1. The van der Waals surface area contributed by atoms with Crippen molar-refractivity contribution in [2.75, 3.05) is 77.6 Å². The van der Waals surface area contributed by atoms with Crippen molar-refractivity contribution in [3.63, 3.8) is 0 Å². The molecular formula is C48H61N7O7. The van der Waals surface area contributed by atoms with Gasteiger partial charge in [0.25, 0.3) is 11.8 Å². The summed E-state index contributed by atoms with van der Waals surface area (Å²) in [6.07, 6.45) is 10.8. The van der Waals surface area contributed by atoms with E-state index in [2.05, 4.69) is 54.7 Å². The zero-order chi connectivity index (χ0) is 42.7. The lowest BCUT2D eigenvalue weighted by atomic mass is 9.89. The van der Waals surface area contributed by atoms with Gasteiger partial charge < -0.3 is 44.7 Å². The van der Waals surface area contributed by atoms with Crippen molar-refractivity contribution >= 4 is 23.4 Å². The van der Waals surface area contributed by atoms with Crippen LogP contribution in [-0.2, 0) is 38.4 Å². The van der Waals surface area contributed by atoms with Gasteiger partial charge in [0.1, 0.15) is 23.0 Å². The van der Waals surface area contributed by atoms with Crippen LogP contribution in [0.1, 0.15) is 78.5 Å². The number of fused-ring (bicyclic) bond motifs is 1. The molecule has 8 rings (SSSR count). The van der Waals surface area contributed by atoms with Crippen LogP contribution in [0.2, 0.25) is 0 Å². The number of nitrogens with one attached hydrogen (secondary N) is 3. The number of phenols is 1. The van der Waals surface area contributed by atoms with Crippen LogP contribution in [0.25, 0.3) is 11.4 Å². The van der Waals surface area contributed by atoms with Gasteiger partial charge in [-0.15, -0.1) is 0 Å². The Morgan fingerprint density at radius 1 is 0.952 bits per heavy atom. The molecule has 1 spiro atoms. The molecule has 3 amide bonds. The average Bonchev–Trinajstić information content (AvgIpc) is 3.80. The van der Waals surface area contributed by atoms with E-state index in [-0.39, 0.29) is 41.7 Å². The molecule has 0 bridgehead atoms. The number of anilines is 1. The minimum atomic E-state index is -0.327. The largest absolute Gasteiger partial charge is 0.506 e. The monoisotopic (exact) mass is 847 g/mol. The number of nitrogens with zero attached hydrogens (tertiary/aromatic N) is 4. The highest BCUT2D eigenvalue weighted by Gasteiger charge is 2.41. The summed E-state index contributed by atoms with van der Waals surface area (Å²) in [5.41, 5.74) is 4.86. The highest BCUT2D eigenvalue weighted by atomic mass is 16.5. The number of aromatic amines is 1. The van der Waals surface area contributed by atoms with Gasteiger partial charge in [0.2, 0.25) is 5.91 Å². The zero-order valence-electron chi connectivity index (χ0n) is 35.7. The summed E-state index contributed by atoms with van der Waals surface area (Å²) in [5, 5.41) is 16.4. The van der Waals surface area contributed by atoms with E-state index in [0.717, 1.165) is 75.7 Å². The van der Waals surface area contributed by atoms with Gasteiger partial charge in [-0.1, -0.05) is 79.9 Å². The summed E-state index contributed by atoms with van der Waals surface area (Å²) in [4.78, 5) is 53.0. The van der Waals surface area contributed by atoms with Crippen LogP contribution in [0, 0.1) is 0 Å². The molecule has 0 radical (unpaired) electrons. The second-order valence-corrected chi connectivity index (χ2v) is 17.1. The van der Waals surface area contributed by atoms with E-state index in [1.165, 1.54) is 17.5 Å². The Labute approximate surface area is 364 Å². The van der Waals surface area contributed by atoms with E-state index < -0.39 is 0 Å². The molecule has 4 N–H and O–H groups in total. The van der Waals surface area contributed by atoms with Gasteiger partial charge in [-0.05, 0) is 67.8 Å². The summed E-state index contributed by atoms with van der Waals surface area (Å²) in [6, 6.07) is 22.2. The number of imidazole rings is 1. The van der Waals surface area contributed by atoms with E-state index in [1.807, 2.05) is 41.3 Å². The Bertz CT molecular complexity index is 2130. The topological polar surface area (TPSA) is 162 Å². The van der Waals surface area contributed by atoms with Crippen molar-refractivity contribution in [2.24, 2.45) is 0 Å². The first kappa shape index (κ1) is 43.4. The number of benzene rings is 3. The Kier molecular flexibility index (Phi) is 14.5. The van der Waals surface area contributed by atoms with Crippen molar-refractivity contribution in [3.8, 4) is 22.9 Å². The molecule has 0 atom stereocenters. The number of amides is 3. The first-order chi connectivity index (χ1) is 30.3. The van der Waals surface area contributed by atoms with Gasteiger partial charge in [0, 0.05) is 50.9 Å². The number of morpholine rings is 1. The molecule has 4 heterocycles. The minimum absolute atomic E-state index is 0.00624. The second-order valence-electron chi connectivity index (χ2n) is 17.1. The van der Waals surface area contributed by atoms with Crippen molar-refractivity contribution in [1.29, 1.82) is 0 Å². The summed E-state index contributed by atoms with van der Waals surface area (Å²) in [6.45, 7) is 7.22. The molecule has 1 aromatic heterocycles. The normalized spacial score (nSPS) is 17.9. The number of aromatic nitrogens is 2. The van der Waals surface area contributed by atoms with Gasteiger partial charge in [-0.2, -0.15) is 0 Å². The van der Waals surface area contributed by atoms with Crippen LogP contribution in [0.15, 0.2) is 72.9 Å². The fourth-order valence-corrected chi connectivity index (χ4v) is 9.38. The van der Waals surface area contributed by atoms with Gasteiger partial charge in [0.15, 0.2) is 12.4 Å². The van der Waals surface area contributed by atoms with Crippen molar-refractivity contribution < 1.29 is 33.7 Å². The minimum Gasteiger partial charge on any atom is -0.506 e. The number of H-pyrrole nitrogens is 1. The van der Waals surface area contributed by atoms with Crippen molar-refractivity contribution in [3.05, 3.63) is 95.3 Å². The Balaban J connectivity index is 0.743. The number of aromatic hydroxyl groups is 1. The van der Waals surface area contributed by atoms with Crippen LogP contribution in [-0.4, -0.2) is 131 Å². The molecule has 3 aliphatic heterocycles. The van der Waals surface area contributed by atoms with E-state index in [4.69, 9.17) is 14.2 Å². The summed E-state index contributed by atoms with van der Waals surface area (Å²) < 4.78 is 18.1. The molecule has 330 valence electrons. The number of carbonyl (C=O) groups excluding carboxylic acids is 3. The molecule has 1 saturated carbocycles. The highest BCUT2D eigenvalue weighted by Crippen LogP contribution is 2.39. The second kappa shape index (κ2) is 20.7. The number of piperidine rings is 1. The third kappa shape index (κ3) is 11.0. The lowest BCUT2D eigenvalue weighted by Crippen LogP contribution is -2.58. The maximum atomic E-state index is 13.6. The maximum Gasteiger partial charge on any atom is 0.272 e. The third-order valence-electron chi connectivity index (χ3n) is 12.8. The van der Waals surface area contributed by atoms with Crippen LogP contribution < -0.4 is 15.4 Å². The standard InChI is InChI=1S/C48H61N7O7/c56-41-15-14-37(45-44(41)52-42(57)33-61-45)16-21-49-22-25-55(39-12-5-2-6-13-39)43(58)18-28-60-27-17-35-8-7-9-36(30-35)32-53-23-19-48(20-24-53)34-54(26-29-62-48)47(59)40-31-50-46(51-40)38-10-3-1-4-11-38/h1,3-4,7-11,14-15,30-31,39,49,56H,2,5-6,12-13,16-29,32-34H2,(H,50,51)(H,52,57).